The zero-order chi connectivity index (χ0) is 19.2. The number of nitrogens with one attached hydrogen (secondary N) is 1. The molecule has 0 saturated heterocycles. The molecule has 0 aliphatic heterocycles. The lowest BCUT2D eigenvalue weighted by Gasteiger charge is -2.27. The number of aromatic nitrogens is 2. The summed E-state index contributed by atoms with van der Waals surface area (Å²) in [6.07, 6.45) is 2.76. The minimum atomic E-state index is -0.884. The van der Waals surface area contributed by atoms with Crippen LogP contribution < -0.4 is 10.1 Å². The fourth-order valence-electron chi connectivity index (χ4n) is 2.51. The van der Waals surface area contributed by atoms with Crippen molar-refractivity contribution in [3.8, 4) is 5.88 Å². The number of ether oxygens (including phenoxy) is 2. The van der Waals surface area contributed by atoms with Gasteiger partial charge >= 0.3 is 0 Å². The Morgan fingerprint density at radius 2 is 1.92 bits per heavy atom. The number of aliphatic hydroxyl groups excluding tert-OH is 1. The summed E-state index contributed by atoms with van der Waals surface area (Å²) in [7, 11) is 1.50. The third kappa shape index (κ3) is 5.00. The van der Waals surface area contributed by atoms with Crippen molar-refractivity contribution >= 4 is 5.91 Å². The van der Waals surface area contributed by atoms with Crippen LogP contribution in [0.2, 0.25) is 0 Å². The van der Waals surface area contributed by atoms with Crippen molar-refractivity contribution in [1.29, 1.82) is 0 Å². The molecule has 1 aromatic carbocycles. The van der Waals surface area contributed by atoms with Gasteiger partial charge in [-0.15, -0.1) is 0 Å². The molecule has 1 amide bonds. The zero-order valence-corrected chi connectivity index (χ0v) is 15.6. The Bertz CT molecular complexity index is 729. The SMILES string of the molecule is COCC(C)(CO)NC(=O)c1cnc(OCc2c(C)cccc2C)cn1. The van der Waals surface area contributed by atoms with Gasteiger partial charge in [0.05, 0.1) is 31.1 Å². The topological polar surface area (TPSA) is 93.6 Å². The van der Waals surface area contributed by atoms with Gasteiger partial charge in [-0.3, -0.25) is 4.79 Å². The molecule has 7 heteroatoms. The highest BCUT2D eigenvalue weighted by Gasteiger charge is 2.26. The minimum absolute atomic E-state index is 0.139. The number of hydrogen-bond acceptors (Lipinski definition) is 6. The number of amides is 1. The molecule has 0 fully saturated rings. The Labute approximate surface area is 153 Å². The summed E-state index contributed by atoms with van der Waals surface area (Å²) in [5.41, 5.74) is 2.66. The van der Waals surface area contributed by atoms with Crippen LogP contribution in [0.25, 0.3) is 0 Å². The molecule has 2 aromatic rings. The first-order valence-corrected chi connectivity index (χ1v) is 8.31. The van der Waals surface area contributed by atoms with E-state index in [9.17, 15) is 9.90 Å². The van der Waals surface area contributed by atoms with E-state index in [4.69, 9.17) is 9.47 Å². The first-order chi connectivity index (χ1) is 12.4. The molecule has 26 heavy (non-hydrogen) atoms. The van der Waals surface area contributed by atoms with Crippen LogP contribution in [-0.2, 0) is 11.3 Å². The van der Waals surface area contributed by atoms with Gasteiger partial charge in [0.25, 0.3) is 5.91 Å². The van der Waals surface area contributed by atoms with Crippen molar-refractivity contribution in [2.75, 3.05) is 20.3 Å². The molecular formula is C19H25N3O4. The van der Waals surface area contributed by atoms with Crippen LogP contribution >= 0.6 is 0 Å². The summed E-state index contributed by atoms with van der Waals surface area (Å²) in [5, 5.41) is 12.1. The Morgan fingerprint density at radius 1 is 1.23 bits per heavy atom. The van der Waals surface area contributed by atoms with Crippen LogP contribution in [0.1, 0.15) is 34.1 Å². The molecule has 1 heterocycles. The molecule has 0 saturated carbocycles. The van der Waals surface area contributed by atoms with Gasteiger partial charge in [-0.05, 0) is 37.5 Å². The third-order valence-corrected chi connectivity index (χ3v) is 4.10. The number of benzene rings is 1. The van der Waals surface area contributed by atoms with E-state index >= 15 is 0 Å². The van der Waals surface area contributed by atoms with Gasteiger partial charge in [0.1, 0.15) is 12.3 Å². The highest BCUT2D eigenvalue weighted by atomic mass is 16.5. The summed E-state index contributed by atoms with van der Waals surface area (Å²) in [5.74, 6) is -0.0987. The number of nitrogens with zero attached hydrogens (tertiary/aromatic N) is 2. The van der Waals surface area contributed by atoms with Crippen LogP contribution in [0, 0.1) is 13.8 Å². The van der Waals surface area contributed by atoms with Gasteiger partial charge in [0, 0.05) is 7.11 Å². The summed E-state index contributed by atoms with van der Waals surface area (Å²) in [6, 6.07) is 6.07. The lowest BCUT2D eigenvalue weighted by molar-refractivity contribution is 0.0594. The van der Waals surface area contributed by atoms with Crippen molar-refractivity contribution in [1.82, 2.24) is 15.3 Å². The van der Waals surface area contributed by atoms with Gasteiger partial charge in [-0.25, -0.2) is 9.97 Å². The maximum atomic E-state index is 12.3. The molecule has 2 N–H and O–H groups in total. The Hall–Kier alpha value is -2.51. The molecule has 1 unspecified atom stereocenters. The average Bonchev–Trinajstić information content (AvgIpc) is 2.62. The maximum Gasteiger partial charge on any atom is 0.272 e. The van der Waals surface area contributed by atoms with E-state index in [1.807, 2.05) is 32.0 Å². The first-order valence-electron chi connectivity index (χ1n) is 8.31. The molecule has 7 nitrogen and oxygen atoms in total. The van der Waals surface area contributed by atoms with Crippen molar-refractivity contribution in [2.24, 2.45) is 0 Å². The normalized spacial score (nSPS) is 13.1. The second-order valence-electron chi connectivity index (χ2n) is 6.50. The van der Waals surface area contributed by atoms with E-state index < -0.39 is 11.4 Å². The van der Waals surface area contributed by atoms with Crippen molar-refractivity contribution in [3.05, 3.63) is 53.0 Å². The van der Waals surface area contributed by atoms with E-state index in [0.29, 0.717) is 12.5 Å². The molecule has 1 aromatic heterocycles. The summed E-state index contributed by atoms with van der Waals surface area (Å²) >= 11 is 0. The van der Waals surface area contributed by atoms with Gasteiger partial charge in [0.2, 0.25) is 5.88 Å². The number of carbonyl (C=O) groups is 1. The number of carbonyl (C=O) groups excluding carboxylic acids is 1. The Balaban J connectivity index is 2.00. The van der Waals surface area contributed by atoms with Gasteiger partial charge in [-0.2, -0.15) is 0 Å². The molecule has 2 rings (SSSR count). The number of methoxy groups -OCH3 is 1. The van der Waals surface area contributed by atoms with Gasteiger partial charge in [-0.1, -0.05) is 18.2 Å². The predicted octanol–water partition coefficient (Wildman–Crippen LogP) is 1.80. The van der Waals surface area contributed by atoms with Crippen LogP contribution in [0.3, 0.4) is 0 Å². The number of hydrogen-bond donors (Lipinski definition) is 2. The Kier molecular flexibility index (Phi) is 6.65. The van der Waals surface area contributed by atoms with E-state index in [1.165, 1.54) is 19.5 Å². The van der Waals surface area contributed by atoms with E-state index in [1.54, 1.807) is 6.92 Å². The molecule has 0 aliphatic carbocycles. The highest BCUT2D eigenvalue weighted by Crippen LogP contribution is 2.16. The molecule has 0 bridgehead atoms. The lowest BCUT2D eigenvalue weighted by Crippen LogP contribution is -2.52. The van der Waals surface area contributed by atoms with Gasteiger partial charge in [0.15, 0.2) is 0 Å². The zero-order valence-electron chi connectivity index (χ0n) is 15.6. The lowest BCUT2D eigenvalue weighted by atomic mass is 10.0. The fourth-order valence-corrected chi connectivity index (χ4v) is 2.51. The van der Waals surface area contributed by atoms with Crippen LogP contribution in [0.15, 0.2) is 30.6 Å². The molecule has 140 valence electrons. The minimum Gasteiger partial charge on any atom is -0.472 e. The summed E-state index contributed by atoms with van der Waals surface area (Å²) < 4.78 is 10.7. The van der Waals surface area contributed by atoms with Crippen LogP contribution in [0.4, 0.5) is 0 Å². The smallest absolute Gasteiger partial charge is 0.272 e. The quantitative estimate of drug-likeness (QED) is 0.746. The van der Waals surface area contributed by atoms with E-state index in [2.05, 4.69) is 15.3 Å². The van der Waals surface area contributed by atoms with Crippen LogP contribution in [0.5, 0.6) is 5.88 Å². The van der Waals surface area contributed by atoms with Crippen molar-refractivity contribution in [3.63, 3.8) is 0 Å². The molecule has 0 radical (unpaired) electrons. The van der Waals surface area contributed by atoms with E-state index in [-0.39, 0.29) is 18.9 Å². The maximum absolute atomic E-state index is 12.3. The van der Waals surface area contributed by atoms with Crippen LogP contribution in [-0.4, -0.2) is 46.8 Å². The molecular weight excluding hydrogens is 334 g/mol. The second-order valence-corrected chi connectivity index (χ2v) is 6.50. The molecule has 0 spiro atoms. The number of aryl methyl sites for hydroxylation is 2. The predicted molar refractivity (Wildman–Crippen MR) is 97.1 cm³/mol. The molecule has 1 atom stereocenters. The second kappa shape index (κ2) is 8.73. The van der Waals surface area contributed by atoms with Gasteiger partial charge < -0.3 is 19.9 Å². The standard InChI is InChI=1S/C19H25N3O4/c1-13-6-5-7-14(2)15(13)10-26-17-9-20-16(8-21-17)18(24)22-19(3,11-23)12-25-4/h5-9,23H,10-12H2,1-4H3,(H,22,24). The number of rotatable bonds is 8. The third-order valence-electron chi connectivity index (χ3n) is 4.10. The average molecular weight is 359 g/mol. The Morgan fingerprint density at radius 3 is 2.46 bits per heavy atom. The summed E-state index contributed by atoms with van der Waals surface area (Å²) in [6.45, 7) is 6.06. The fraction of sp³-hybridized carbons (Fsp3) is 0.421. The van der Waals surface area contributed by atoms with Crippen molar-refractivity contribution in [2.45, 2.75) is 32.9 Å². The largest absolute Gasteiger partial charge is 0.472 e. The molecule has 0 aliphatic rings. The van der Waals surface area contributed by atoms with E-state index in [0.717, 1.165) is 16.7 Å². The highest BCUT2D eigenvalue weighted by molar-refractivity contribution is 5.92. The van der Waals surface area contributed by atoms with Crippen molar-refractivity contribution < 1.29 is 19.4 Å². The monoisotopic (exact) mass is 359 g/mol. The summed E-state index contributed by atoms with van der Waals surface area (Å²) in [4.78, 5) is 20.5. The first kappa shape index (κ1) is 19.8. The number of aliphatic hydroxyl groups is 1.